The number of nitrogens with zero attached hydrogens (tertiary/aromatic N) is 2. The first-order chi connectivity index (χ1) is 13.9. The number of urea groups is 1. The first-order valence-corrected chi connectivity index (χ1v) is 11.6. The average molecular weight is 482 g/mol. The van der Waals surface area contributed by atoms with Gasteiger partial charge in [0.2, 0.25) is 10.0 Å². The van der Waals surface area contributed by atoms with E-state index in [9.17, 15) is 13.2 Å². The van der Waals surface area contributed by atoms with Gasteiger partial charge in [-0.15, -0.1) is 0 Å². The molecular weight excluding hydrogens is 458 g/mol. The maximum absolute atomic E-state index is 12.8. The fourth-order valence-electron chi connectivity index (χ4n) is 3.05. The number of benzene rings is 2. The van der Waals surface area contributed by atoms with E-state index >= 15 is 0 Å². The maximum atomic E-state index is 12.8. The monoisotopic (exact) mass is 481 g/mol. The zero-order valence-corrected chi connectivity index (χ0v) is 18.6. The Morgan fingerprint density at radius 1 is 1.10 bits per heavy atom. The van der Waals surface area contributed by atoms with E-state index < -0.39 is 10.0 Å². The number of hydrogen-bond donors (Lipinski definition) is 1. The van der Waals surface area contributed by atoms with Crippen molar-refractivity contribution in [2.45, 2.75) is 11.8 Å². The third-order valence-corrected chi connectivity index (χ3v) is 6.98. The van der Waals surface area contributed by atoms with Crippen LogP contribution in [0.5, 0.6) is 5.75 Å². The first-order valence-electron chi connectivity index (χ1n) is 9.34. The van der Waals surface area contributed by atoms with E-state index in [4.69, 9.17) is 4.74 Å². The van der Waals surface area contributed by atoms with Crippen LogP contribution in [0.15, 0.2) is 57.9 Å². The van der Waals surface area contributed by atoms with Gasteiger partial charge < -0.3 is 15.0 Å². The Morgan fingerprint density at radius 3 is 2.52 bits per heavy atom. The van der Waals surface area contributed by atoms with E-state index in [2.05, 4.69) is 21.2 Å². The van der Waals surface area contributed by atoms with E-state index in [-0.39, 0.29) is 24.0 Å². The molecule has 0 spiro atoms. The Labute approximate surface area is 179 Å². The molecule has 29 heavy (non-hydrogen) atoms. The molecule has 0 aliphatic carbocycles. The summed E-state index contributed by atoms with van der Waals surface area (Å²) in [4.78, 5) is 14.2. The quantitative estimate of drug-likeness (QED) is 0.643. The predicted octanol–water partition coefficient (Wildman–Crippen LogP) is 2.85. The minimum atomic E-state index is -3.56. The molecule has 1 N–H and O–H groups in total. The van der Waals surface area contributed by atoms with Crippen molar-refractivity contribution in [3.8, 4) is 5.75 Å². The van der Waals surface area contributed by atoms with Gasteiger partial charge in [0.1, 0.15) is 12.4 Å². The number of carbonyl (C=O) groups excluding carboxylic acids is 1. The van der Waals surface area contributed by atoms with Crippen molar-refractivity contribution in [2.75, 3.05) is 39.3 Å². The molecule has 2 aromatic carbocycles. The van der Waals surface area contributed by atoms with Crippen molar-refractivity contribution in [2.24, 2.45) is 0 Å². The molecule has 0 aromatic heterocycles. The van der Waals surface area contributed by atoms with Crippen molar-refractivity contribution in [3.63, 3.8) is 0 Å². The fraction of sp³-hybridized carbons (Fsp3) is 0.350. The molecular formula is C20H24BrN3O4S. The normalized spacial score (nSPS) is 15.2. The molecule has 2 amide bonds. The van der Waals surface area contributed by atoms with E-state index in [0.29, 0.717) is 30.7 Å². The van der Waals surface area contributed by atoms with Crippen LogP contribution in [0, 0.1) is 6.92 Å². The fourth-order valence-corrected chi connectivity index (χ4v) is 5.07. The summed E-state index contributed by atoms with van der Waals surface area (Å²) in [6, 6.07) is 14.2. The van der Waals surface area contributed by atoms with Gasteiger partial charge in [0.05, 0.1) is 11.4 Å². The lowest BCUT2D eigenvalue weighted by Crippen LogP contribution is -2.53. The van der Waals surface area contributed by atoms with E-state index in [1.54, 1.807) is 29.2 Å². The number of halogens is 1. The summed E-state index contributed by atoms with van der Waals surface area (Å²) in [5.74, 6) is 0.769. The zero-order valence-electron chi connectivity index (χ0n) is 16.2. The number of hydrogen-bond acceptors (Lipinski definition) is 4. The van der Waals surface area contributed by atoms with Crippen LogP contribution in [-0.4, -0.2) is 63.0 Å². The molecule has 1 fully saturated rings. The van der Waals surface area contributed by atoms with Crippen LogP contribution in [0.25, 0.3) is 0 Å². The Hall–Kier alpha value is -2.10. The van der Waals surface area contributed by atoms with Crippen LogP contribution in [0.1, 0.15) is 5.56 Å². The van der Waals surface area contributed by atoms with Gasteiger partial charge >= 0.3 is 6.03 Å². The maximum Gasteiger partial charge on any atom is 0.317 e. The highest BCUT2D eigenvalue weighted by Gasteiger charge is 2.30. The second-order valence-corrected chi connectivity index (χ2v) is 9.60. The summed E-state index contributed by atoms with van der Waals surface area (Å²) in [6.07, 6.45) is 0. The van der Waals surface area contributed by atoms with Gasteiger partial charge in [-0.25, -0.2) is 13.2 Å². The minimum absolute atomic E-state index is 0.211. The SMILES string of the molecule is Cc1cccc(OCCNC(=O)N2CCN(S(=O)(=O)c3cccc(Br)c3)CC2)c1. The standard InChI is InChI=1S/C20H24BrN3O4S/c1-16-4-2-6-18(14-16)28-13-8-22-20(25)23-9-11-24(12-10-23)29(26,27)19-7-3-5-17(21)15-19/h2-7,14-15H,8-13H2,1H3,(H,22,25). The molecule has 2 aromatic rings. The molecule has 1 saturated heterocycles. The predicted molar refractivity (Wildman–Crippen MR) is 115 cm³/mol. The van der Waals surface area contributed by atoms with Crippen LogP contribution in [0.2, 0.25) is 0 Å². The Morgan fingerprint density at radius 2 is 1.83 bits per heavy atom. The number of aryl methyl sites for hydroxylation is 1. The molecule has 9 heteroatoms. The second kappa shape index (κ2) is 9.60. The number of nitrogens with one attached hydrogen (secondary N) is 1. The molecule has 0 unspecified atom stereocenters. The average Bonchev–Trinajstić information content (AvgIpc) is 2.71. The van der Waals surface area contributed by atoms with Crippen LogP contribution >= 0.6 is 15.9 Å². The smallest absolute Gasteiger partial charge is 0.317 e. The van der Waals surface area contributed by atoms with Crippen LogP contribution < -0.4 is 10.1 Å². The molecule has 1 aliphatic heterocycles. The van der Waals surface area contributed by atoms with Crippen molar-refractivity contribution < 1.29 is 17.9 Å². The van der Waals surface area contributed by atoms with Gasteiger partial charge in [-0.1, -0.05) is 34.1 Å². The van der Waals surface area contributed by atoms with Gasteiger partial charge in [-0.2, -0.15) is 4.31 Å². The topological polar surface area (TPSA) is 79.0 Å². The van der Waals surface area contributed by atoms with Crippen LogP contribution in [-0.2, 0) is 10.0 Å². The summed E-state index contributed by atoms with van der Waals surface area (Å²) < 4.78 is 33.3. The lowest BCUT2D eigenvalue weighted by Gasteiger charge is -2.34. The second-order valence-electron chi connectivity index (χ2n) is 6.75. The molecule has 1 aliphatic rings. The highest BCUT2D eigenvalue weighted by Crippen LogP contribution is 2.21. The molecule has 0 radical (unpaired) electrons. The number of carbonyl (C=O) groups is 1. The number of rotatable bonds is 6. The lowest BCUT2D eigenvalue weighted by atomic mass is 10.2. The molecule has 1 heterocycles. The van der Waals surface area contributed by atoms with Crippen molar-refractivity contribution in [1.29, 1.82) is 0 Å². The summed E-state index contributed by atoms with van der Waals surface area (Å²) in [7, 11) is -3.56. The molecule has 7 nitrogen and oxygen atoms in total. The largest absolute Gasteiger partial charge is 0.492 e. The van der Waals surface area contributed by atoms with Gasteiger partial charge in [0.25, 0.3) is 0 Å². The van der Waals surface area contributed by atoms with Crippen molar-refractivity contribution in [3.05, 3.63) is 58.6 Å². The molecule has 156 valence electrons. The summed E-state index contributed by atoms with van der Waals surface area (Å²) in [5.41, 5.74) is 1.11. The molecule has 0 saturated carbocycles. The van der Waals surface area contributed by atoms with E-state index in [0.717, 1.165) is 11.3 Å². The minimum Gasteiger partial charge on any atom is -0.492 e. The van der Waals surface area contributed by atoms with Gasteiger partial charge in [-0.05, 0) is 42.8 Å². The molecule has 0 atom stereocenters. The molecule has 3 rings (SSSR count). The molecule has 0 bridgehead atoms. The van der Waals surface area contributed by atoms with Gasteiger partial charge in [-0.3, -0.25) is 0 Å². The summed E-state index contributed by atoms with van der Waals surface area (Å²) in [5, 5.41) is 2.82. The summed E-state index contributed by atoms with van der Waals surface area (Å²) in [6.45, 7) is 3.96. The first kappa shape index (κ1) is 21.6. The zero-order chi connectivity index (χ0) is 20.9. The lowest BCUT2D eigenvalue weighted by molar-refractivity contribution is 0.170. The number of ether oxygens (including phenoxy) is 1. The highest BCUT2D eigenvalue weighted by atomic mass is 79.9. The van der Waals surface area contributed by atoms with Crippen molar-refractivity contribution >= 4 is 32.0 Å². The van der Waals surface area contributed by atoms with Crippen molar-refractivity contribution in [1.82, 2.24) is 14.5 Å². The third kappa shape index (κ3) is 5.71. The Balaban J connectivity index is 1.44. The number of amides is 2. The Kier molecular flexibility index (Phi) is 7.15. The van der Waals surface area contributed by atoms with Gasteiger partial charge in [0.15, 0.2) is 0 Å². The van der Waals surface area contributed by atoms with Crippen LogP contribution in [0.4, 0.5) is 4.79 Å². The highest BCUT2D eigenvalue weighted by molar-refractivity contribution is 9.10. The van der Waals surface area contributed by atoms with E-state index in [1.807, 2.05) is 31.2 Å². The van der Waals surface area contributed by atoms with Crippen LogP contribution in [0.3, 0.4) is 0 Å². The Bertz CT molecular complexity index is 960. The number of piperazine rings is 1. The van der Waals surface area contributed by atoms with E-state index in [1.165, 1.54) is 4.31 Å². The van der Waals surface area contributed by atoms with Gasteiger partial charge in [0, 0.05) is 30.7 Å². The number of sulfonamides is 1. The summed E-state index contributed by atoms with van der Waals surface area (Å²) >= 11 is 3.30. The third-order valence-electron chi connectivity index (χ3n) is 4.60.